The summed E-state index contributed by atoms with van der Waals surface area (Å²) in [5.41, 5.74) is 5.58. The molecule has 3 N–H and O–H groups in total. The van der Waals surface area contributed by atoms with Crippen molar-refractivity contribution in [1.29, 1.82) is 0 Å². The minimum atomic E-state index is 0.417. The third-order valence-corrected chi connectivity index (χ3v) is 2.34. The van der Waals surface area contributed by atoms with Crippen LogP contribution < -0.4 is 10.5 Å². The van der Waals surface area contributed by atoms with E-state index in [2.05, 4.69) is 26.1 Å². The largest absolute Gasteiger partial charge is 0.451 e. The zero-order valence-corrected chi connectivity index (χ0v) is 8.78. The lowest BCUT2D eigenvalue weighted by Gasteiger charge is -2.04. The lowest BCUT2D eigenvalue weighted by atomic mass is 10.3. The summed E-state index contributed by atoms with van der Waals surface area (Å²) < 4.78 is 6.39. The number of ether oxygens (including phenoxy) is 1. The molecule has 0 aliphatic heterocycles. The molecular formula is C9H8BrN3O. The van der Waals surface area contributed by atoms with Crippen molar-refractivity contribution in [1.82, 2.24) is 10.2 Å². The van der Waals surface area contributed by atoms with Gasteiger partial charge in [-0.3, -0.25) is 5.10 Å². The van der Waals surface area contributed by atoms with Crippen LogP contribution in [0.25, 0.3) is 0 Å². The van der Waals surface area contributed by atoms with E-state index in [4.69, 9.17) is 10.5 Å². The standard InChI is InChI=1S/C9H8BrN3O/c10-6-3-1-2-4-7(6)14-8-5-12-13-9(8)11/h1-5H,(H3,11,12,13). The molecule has 2 rings (SSSR count). The third-order valence-electron chi connectivity index (χ3n) is 1.69. The van der Waals surface area contributed by atoms with Gasteiger partial charge in [0.15, 0.2) is 11.6 Å². The van der Waals surface area contributed by atoms with Crippen LogP contribution in [0.5, 0.6) is 11.5 Å². The lowest BCUT2D eigenvalue weighted by molar-refractivity contribution is 0.482. The summed E-state index contributed by atoms with van der Waals surface area (Å²) in [6, 6.07) is 7.54. The monoisotopic (exact) mass is 253 g/mol. The van der Waals surface area contributed by atoms with Crippen molar-refractivity contribution < 1.29 is 4.74 Å². The number of aromatic amines is 1. The minimum absolute atomic E-state index is 0.417. The number of aromatic nitrogens is 2. The summed E-state index contributed by atoms with van der Waals surface area (Å²) in [6.45, 7) is 0. The number of nitrogens with one attached hydrogen (secondary N) is 1. The van der Waals surface area contributed by atoms with E-state index in [1.165, 1.54) is 6.20 Å². The van der Waals surface area contributed by atoms with Crippen molar-refractivity contribution in [3.63, 3.8) is 0 Å². The van der Waals surface area contributed by atoms with Crippen molar-refractivity contribution >= 4 is 21.7 Å². The highest BCUT2D eigenvalue weighted by atomic mass is 79.9. The van der Waals surface area contributed by atoms with Crippen molar-refractivity contribution in [2.45, 2.75) is 0 Å². The Balaban J connectivity index is 2.28. The van der Waals surface area contributed by atoms with Crippen molar-refractivity contribution in [3.05, 3.63) is 34.9 Å². The number of nitrogens with zero attached hydrogens (tertiary/aromatic N) is 1. The van der Waals surface area contributed by atoms with Gasteiger partial charge in [0, 0.05) is 0 Å². The second-order valence-corrected chi connectivity index (χ2v) is 3.53. The Morgan fingerprint density at radius 3 is 2.71 bits per heavy atom. The summed E-state index contributed by atoms with van der Waals surface area (Å²) in [6.07, 6.45) is 1.54. The highest BCUT2D eigenvalue weighted by Crippen LogP contribution is 2.30. The van der Waals surface area contributed by atoms with E-state index in [1.54, 1.807) is 0 Å². The van der Waals surface area contributed by atoms with E-state index in [1.807, 2.05) is 24.3 Å². The van der Waals surface area contributed by atoms with Crippen LogP contribution >= 0.6 is 15.9 Å². The van der Waals surface area contributed by atoms with Gasteiger partial charge in [-0.2, -0.15) is 5.10 Å². The predicted octanol–water partition coefficient (Wildman–Crippen LogP) is 2.55. The molecule has 14 heavy (non-hydrogen) atoms. The van der Waals surface area contributed by atoms with Gasteiger partial charge < -0.3 is 10.5 Å². The van der Waals surface area contributed by atoms with Crippen molar-refractivity contribution in [3.8, 4) is 11.5 Å². The summed E-state index contributed by atoms with van der Waals surface area (Å²) in [4.78, 5) is 0. The molecule has 0 saturated carbocycles. The first-order valence-electron chi connectivity index (χ1n) is 3.98. The number of H-pyrrole nitrogens is 1. The molecule has 2 aromatic rings. The first kappa shape index (κ1) is 9.08. The van der Waals surface area contributed by atoms with E-state index < -0.39 is 0 Å². The Labute approximate surface area is 89.2 Å². The molecule has 1 heterocycles. The number of nitrogens with two attached hydrogens (primary N) is 1. The molecule has 0 aliphatic rings. The van der Waals surface area contributed by atoms with E-state index >= 15 is 0 Å². The lowest BCUT2D eigenvalue weighted by Crippen LogP contribution is -1.90. The van der Waals surface area contributed by atoms with Crippen LogP contribution in [-0.4, -0.2) is 10.2 Å². The van der Waals surface area contributed by atoms with Gasteiger partial charge in [-0.1, -0.05) is 12.1 Å². The zero-order chi connectivity index (χ0) is 9.97. The summed E-state index contributed by atoms with van der Waals surface area (Å²) in [5.74, 6) is 1.65. The maximum absolute atomic E-state index is 5.58. The van der Waals surface area contributed by atoms with Crippen LogP contribution in [0.1, 0.15) is 0 Å². The van der Waals surface area contributed by atoms with E-state index in [9.17, 15) is 0 Å². The first-order valence-corrected chi connectivity index (χ1v) is 4.78. The van der Waals surface area contributed by atoms with Crippen LogP contribution in [0.4, 0.5) is 5.82 Å². The first-order chi connectivity index (χ1) is 6.77. The SMILES string of the molecule is Nc1[nH]ncc1Oc1ccccc1Br. The number of hydrogen-bond acceptors (Lipinski definition) is 3. The second kappa shape index (κ2) is 3.71. The van der Waals surface area contributed by atoms with Gasteiger partial charge in [-0.05, 0) is 28.1 Å². The molecule has 0 radical (unpaired) electrons. The number of benzene rings is 1. The fraction of sp³-hybridized carbons (Fsp3) is 0. The molecule has 0 unspecified atom stereocenters. The smallest absolute Gasteiger partial charge is 0.188 e. The Bertz CT molecular complexity index is 441. The topological polar surface area (TPSA) is 63.9 Å². The average molecular weight is 254 g/mol. The Morgan fingerprint density at radius 1 is 1.29 bits per heavy atom. The van der Waals surface area contributed by atoms with Gasteiger partial charge in [-0.25, -0.2) is 0 Å². The molecule has 0 fully saturated rings. The Kier molecular flexibility index (Phi) is 2.41. The molecule has 0 spiro atoms. The summed E-state index contributed by atoms with van der Waals surface area (Å²) in [5, 5.41) is 6.35. The quantitative estimate of drug-likeness (QED) is 0.865. The molecule has 5 heteroatoms. The molecule has 72 valence electrons. The number of hydrogen-bond donors (Lipinski definition) is 2. The Hall–Kier alpha value is -1.49. The van der Waals surface area contributed by atoms with Crippen LogP contribution in [0, 0.1) is 0 Å². The molecule has 0 saturated heterocycles. The highest BCUT2D eigenvalue weighted by molar-refractivity contribution is 9.10. The van der Waals surface area contributed by atoms with Gasteiger partial charge in [0.25, 0.3) is 0 Å². The number of nitrogen functional groups attached to an aromatic ring is 1. The van der Waals surface area contributed by atoms with Crippen molar-refractivity contribution in [2.75, 3.05) is 5.73 Å². The molecule has 0 atom stereocenters. The number of para-hydroxylation sites is 1. The number of anilines is 1. The molecule has 0 bridgehead atoms. The van der Waals surface area contributed by atoms with Crippen molar-refractivity contribution in [2.24, 2.45) is 0 Å². The molecule has 4 nitrogen and oxygen atoms in total. The Morgan fingerprint density at radius 2 is 2.07 bits per heavy atom. The molecule has 0 amide bonds. The van der Waals surface area contributed by atoms with Gasteiger partial charge in [0.05, 0.1) is 10.7 Å². The maximum Gasteiger partial charge on any atom is 0.188 e. The van der Waals surface area contributed by atoms with Crippen LogP contribution in [0.3, 0.4) is 0 Å². The van der Waals surface area contributed by atoms with Gasteiger partial charge in [0.1, 0.15) is 5.75 Å². The summed E-state index contributed by atoms with van der Waals surface area (Å²) >= 11 is 3.37. The second-order valence-electron chi connectivity index (χ2n) is 2.68. The zero-order valence-electron chi connectivity index (χ0n) is 7.20. The molecular weight excluding hydrogens is 246 g/mol. The molecule has 1 aromatic carbocycles. The summed E-state index contributed by atoms with van der Waals surface area (Å²) in [7, 11) is 0. The van der Waals surface area contributed by atoms with E-state index in [0.717, 1.165) is 4.47 Å². The van der Waals surface area contributed by atoms with Crippen LogP contribution in [0.15, 0.2) is 34.9 Å². The third kappa shape index (κ3) is 1.72. The fourth-order valence-electron chi connectivity index (χ4n) is 1.01. The normalized spacial score (nSPS) is 10.1. The minimum Gasteiger partial charge on any atom is -0.451 e. The fourth-order valence-corrected chi connectivity index (χ4v) is 1.38. The average Bonchev–Trinajstić information content (AvgIpc) is 2.56. The molecule has 0 aliphatic carbocycles. The van der Waals surface area contributed by atoms with E-state index in [-0.39, 0.29) is 0 Å². The van der Waals surface area contributed by atoms with Gasteiger partial charge in [-0.15, -0.1) is 0 Å². The number of rotatable bonds is 2. The van der Waals surface area contributed by atoms with E-state index in [0.29, 0.717) is 17.3 Å². The van der Waals surface area contributed by atoms with Gasteiger partial charge in [0.2, 0.25) is 0 Å². The predicted molar refractivity (Wildman–Crippen MR) is 57.2 cm³/mol. The number of halogens is 1. The maximum atomic E-state index is 5.58. The molecule has 1 aromatic heterocycles. The van der Waals surface area contributed by atoms with Gasteiger partial charge >= 0.3 is 0 Å². The van der Waals surface area contributed by atoms with Crippen LogP contribution in [0.2, 0.25) is 0 Å². The highest BCUT2D eigenvalue weighted by Gasteiger charge is 2.05. The van der Waals surface area contributed by atoms with Crippen LogP contribution in [-0.2, 0) is 0 Å².